The number of hydrogen-bond acceptors (Lipinski definition) is 2. The number of ether oxygens (including phenoxy) is 1. The number of fused-ring (bicyclic) bond motifs is 3. The normalized spacial score (nSPS) is 16.1. The van der Waals surface area contributed by atoms with E-state index < -0.39 is 0 Å². The van der Waals surface area contributed by atoms with Gasteiger partial charge in [0.05, 0.1) is 18.0 Å². The summed E-state index contributed by atoms with van der Waals surface area (Å²) in [5, 5.41) is 0.320. The van der Waals surface area contributed by atoms with E-state index in [9.17, 15) is 0 Å². The molecule has 1 atom stereocenters. The van der Waals surface area contributed by atoms with Crippen molar-refractivity contribution in [3.05, 3.63) is 78.1 Å². The van der Waals surface area contributed by atoms with E-state index in [1.54, 1.807) is 7.11 Å². The number of hydrogen-bond donors (Lipinski definition) is 0. The molecule has 0 unspecified atom stereocenters. The number of thioether (sulfide) groups is 1. The Morgan fingerprint density at radius 1 is 0.952 bits per heavy atom. The van der Waals surface area contributed by atoms with E-state index in [1.165, 1.54) is 21.8 Å². The van der Waals surface area contributed by atoms with E-state index in [0.717, 1.165) is 5.75 Å². The molecule has 2 heterocycles. The smallest absolute Gasteiger partial charge is 0.118 e. The Balaban J connectivity index is 1.81. The monoisotopic (exact) mass is 293 g/mol. The van der Waals surface area contributed by atoms with Gasteiger partial charge in [-0.1, -0.05) is 24.3 Å². The zero-order chi connectivity index (χ0) is 14.2. The van der Waals surface area contributed by atoms with E-state index in [1.807, 2.05) is 23.9 Å². The second kappa shape index (κ2) is 5.01. The van der Waals surface area contributed by atoms with Crippen LogP contribution in [0.2, 0.25) is 0 Å². The first-order valence-corrected chi connectivity index (χ1v) is 7.82. The summed E-state index contributed by atoms with van der Waals surface area (Å²) in [7, 11) is 1.70. The molecule has 0 bridgehead atoms. The largest absolute Gasteiger partial charge is 0.497 e. The third kappa shape index (κ3) is 2.05. The fourth-order valence-corrected chi connectivity index (χ4v) is 4.09. The lowest BCUT2D eigenvalue weighted by Gasteiger charge is -2.27. The van der Waals surface area contributed by atoms with Crippen molar-refractivity contribution in [2.75, 3.05) is 7.11 Å². The lowest BCUT2D eigenvalue weighted by molar-refractivity contribution is 0.414. The summed E-state index contributed by atoms with van der Waals surface area (Å²) in [6.45, 7) is 0. The van der Waals surface area contributed by atoms with Crippen LogP contribution in [0.3, 0.4) is 0 Å². The third-order valence-electron chi connectivity index (χ3n) is 3.84. The average molecular weight is 293 g/mol. The molecule has 0 fully saturated rings. The Hall–Kier alpha value is -2.13. The fraction of sp³-hybridized carbons (Fsp3) is 0.111. The van der Waals surface area contributed by atoms with Crippen molar-refractivity contribution >= 4 is 11.8 Å². The molecule has 1 aromatic heterocycles. The summed E-state index contributed by atoms with van der Waals surface area (Å²) < 4.78 is 7.55. The molecule has 1 aliphatic heterocycles. The standard InChI is InChI=1S/C18H15NOS/c1-20-14-10-8-13(9-11-14)18-16-6-4-12-19(16)15-5-2-3-7-17(15)21-18/h2-12,18H,1H3/t18-/m1/s1. The lowest BCUT2D eigenvalue weighted by atomic mass is 10.1. The molecule has 2 nitrogen and oxygen atoms in total. The highest BCUT2D eigenvalue weighted by Crippen LogP contribution is 2.47. The summed E-state index contributed by atoms with van der Waals surface area (Å²) in [6, 6.07) is 21.3. The molecule has 4 rings (SSSR count). The minimum absolute atomic E-state index is 0.320. The minimum atomic E-state index is 0.320. The van der Waals surface area contributed by atoms with Crippen LogP contribution in [0.15, 0.2) is 71.8 Å². The van der Waals surface area contributed by atoms with Crippen LogP contribution in [0.25, 0.3) is 5.69 Å². The van der Waals surface area contributed by atoms with Crippen LogP contribution in [-0.4, -0.2) is 11.7 Å². The van der Waals surface area contributed by atoms with Crippen molar-refractivity contribution in [3.8, 4) is 11.4 Å². The summed E-state index contributed by atoms with van der Waals surface area (Å²) in [5.74, 6) is 0.898. The molecule has 3 aromatic rings. The average Bonchev–Trinajstić information content (AvgIpc) is 3.04. The van der Waals surface area contributed by atoms with Crippen molar-refractivity contribution in [1.82, 2.24) is 4.57 Å². The van der Waals surface area contributed by atoms with Crippen LogP contribution in [-0.2, 0) is 0 Å². The molecule has 0 N–H and O–H groups in total. The maximum Gasteiger partial charge on any atom is 0.118 e. The van der Waals surface area contributed by atoms with Crippen LogP contribution < -0.4 is 4.74 Å². The quantitative estimate of drug-likeness (QED) is 0.681. The Labute approximate surface area is 128 Å². The second-order valence-electron chi connectivity index (χ2n) is 5.04. The number of aromatic nitrogens is 1. The Kier molecular flexibility index (Phi) is 3.00. The highest BCUT2D eigenvalue weighted by Gasteiger charge is 2.25. The van der Waals surface area contributed by atoms with Gasteiger partial charge in [-0.3, -0.25) is 0 Å². The summed E-state index contributed by atoms with van der Waals surface area (Å²) in [6.07, 6.45) is 2.14. The number of benzene rings is 2. The summed E-state index contributed by atoms with van der Waals surface area (Å²) >= 11 is 1.91. The molecular formula is C18H15NOS. The molecular weight excluding hydrogens is 278 g/mol. The van der Waals surface area contributed by atoms with Gasteiger partial charge in [0.1, 0.15) is 5.75 Å². The van der Waals surface area contributed by atoms with Crippen molar-refractivity contribution in [3.63, 3.8) is 0 Å². The van der Waals surface area contributed by atoms with Gasteiger partial charge in [0, 0.05) is 16.8 Å². The zero-order valence-corrected chi connectivity index (χ0v) is 12.5. The van der Waals surface area contributed by atoms with Crippen LogP contribution >= 0.6 is 11.8 Å². The van der Waals surface area contributed by atoms with Crippen molar-refractivity contribution in [2.45, 2.75) is 10.1 Å². The van der Waals surface area contributed by atoms with E-state index in [4.69, 9.17) is 4.74 Å². The van der Waals surface area contributed by atoms with E-state index in [-0.39, 0.29) is 0 Å². The van der Waals surface area contributed by atoms with Gasteiger partial charge in [0.25, 0.3) is 0 Å². The van der Waals surface area contributed by atoms with Crippen LogP contribution in [0, 0.1) is 0 Å². The number of methoxy groups -OCH3 is 1. The molecule has 2 aromatic carbocycles. The van der Waals surface area contributed by atoms with Gasteiger partial charge < -0.3 is 9.30 Å². The molecule has 3 heteroatoms. The minimum Gasteiger partial charge on any atom is -0.497 e. The Morgan fingerprint density at radius 2 is 1.76 bits per heavy atom. The van der Waals surface area contributed by atoms with Gasteiger partial charge in [-0.25, -0.2) is 0 Å². The Bertz CT molecular complexity index is 776. The summed E-state index contributed by atoms with van der Waals surface area (Å²) in [4.78, 5) is 1.32. The van der Waals surface area contributed by atoms with Crippen molar-refractivity contribution < 1.29 is 4.74 Å². The van der Waals surface area contributed by atoms with E-state index >= 15 is 0 Å². The van der Waals surface area contributed by atoms with Gasteiger partial charge in [-0.05, 0) is 42.0 Å². The number of nitrogens with zero attached hydrogens (tertiary/aromatic N) is 1. The van der Waals surface area contributed by atoms with E-state index in [2.05, 4.69) is 59.3 Å². The topological polar surface area (TPSA) is 14.2 Å². The molecule has 0 saturated carbocycles. The maximum atomic E-state index is 5.26. The van der Waals surface area contributed by atoms with Crippen LogP contribution in [0.1, 0.15) is 16.5 Å². The van der Waals surface area contributed by atoms with Gasteiger partial charge >= 0.3 is 0 Å². The molecule has 0 amide bonds. The molecule has 0 saturated heterocycles. The van der Waals surface area contributed by atoms with Gasteiger partial charge in [0.15, 0.2) is 0 Å². The fourth-order valence-electron chi connectivity index (χ4n) is 2.79. The van der Waals surface area contributed by atoms with Crippen molar-refractivity contribution in [2.24, 2.45) is 0 Å². The van der Waals surface area contributed by atoms with Crippen molar-refractivity contribution in [1.29, 1.82) is 0 Å². The molecule has 0 aliphatic carbocycles. The Morgan fingerprint density at radius 3 is 2.57 bits per heavy atom. The number of rotatable bonds is 2. The predicted molar refractivity (Wildman–Crippen MR) is 86.5 cm³/mol. The van der Waals surface area contributed by atoms with Crippen LogP contribution in [0.5, 0.6) is 5.75 Å². The van der Waals surface area contributed by atoms with Gasteiger partial charge in [-0.2, -0.15) is 0 Å². The van der Waals surface area contributed by atoms with Gasteiger partial charge in [-0.15, -0.1) is 11.8 Å². The highest BCUT2D eigenvalue weighted by atomic mass is 32.2. The molecule has 21 heavy (non-hydrogen) atoms. The highest BCUT2D eigenvalue weighted by molar-refractivity contribution is 8.00. The van der Waals surface area contributed by atoms with E-state index in [0.29, 0.717) is 5.25 Å². The van der Waals surface area contributed by atoms with Crippen LogP contribution in [0.4, 0.5) is 0 Å². The zero-order valence-electron chi connectivity index (χ0n) is 11.7. The maximum absolute atomic E-state index is 5.26. The number of para-hydroxylation sites is 1. The SMILES string of the molecule is COc1ccc([C@H]2Sc3ccccc3-n3cccc32)cc1. The second-order valence-corrected chi connectivity index (χ2v) is 6.19. The first-order chi connectivity index (χ1) is 10.4. The molecule has 1 aliphatic rings. The predicted octanol–water partition coefficient (Wildman–Crippen LogP) is 4.68. The third-order valence-corrected chi connectivity index (χ3v) is 5.19. The molecule has 0 radical (unpaired) electrons. The van der Waals surface area contributed by atoms with Gasteiger partial charge in [0.2, 0.25) is 0 Å². The lowest BCUT2D eigenvalue weighted by Crippen LogP contribution is -2.10. The molecule has 104 valence electrons. The summed E-state index contributed by atoms with van der Waals surface area (Å²) in [5.41, 5.74) is 3.89. The molecule has 0 spiro atoms. The first kappa shape index (κ1) is 12.6. The first-order valence-electron chi connectivity index (χ1n) is 6.94.